The Morgan fingerprint density at radius 2 is 0.909 bits per heavy atom. The van der Waals surface area contributed by atoms with E-state index in [-0.39, 0.29) is 33.0 Å². The SMILES string of the molecule is CCCCCCCCCCCCCCOP(=O)([O-])[O-].OCC[NH2+]CCO.OCC[NH2+]CCO. The van der Waals surface area contributed by atoms with Gasteiger partial charge in [-0.05, 0) is 6.42 Å². The lowest BCUT2D eigenvalue weighted by Gasteiger charge is -2.28. The minimum Gasteiger partial charge on any atom is -0.790 e. The van der Waals surface area contributed by atoms with Crippen molar-refractivity contribution in [3.05, 3.63) is 0 Å². The highest BCUT2D eigenvalue weighted by Gasteiger charge is 1.95. The standard InChI is InChI=1S/C14H31O4P.2C4H11NO2/c1-2-3-4-5-6-7-8-9-10-11-12-13-14-18-19(15,16)17;2*6-3-1-5-2-4-7/h2-14H2,1H3,(H2,15,16,17);2*5-7H,1-4H2. The van der Waals surface area contributed by atoms with E-state index in [9.17, 15) is 14.4 Å². The summed E-state index contributed by atoms with van der Waals surface area (Å²) in [6.45, 7) is 5.84. The van der Waals surface area contributed by atoms with Gasteiger partial charge in [0, 0.05) is 0 Å². The molecule has 0 radical (unpaired) electrons. The average molecular weight is 505 g/mol. The van der Waals surface area contributed by atoms with Crippen molar-refractivity contribution in [1.29, 1.82) is 0 Å². The number of nitrogens with two attached hydrogens (primary N) is 2. The Morgan fingerprint density at radius 1 is 0.606 bits per heavy atom. The van der Waals surface area contributed by atoms with Crippen LogP contribution in [0.5, 0.6) is 0 Å². The van der Waals surface area contributed by atoms with Gasteiger partial charge in [0.05, 0.1) is 67.0 Å². The van der Waals surface area contributed by atoms with E-state index >= 15 is 0 Å². The molecule has 0 aromatic heterocycles. The van der Waals surface area contributed by atoms with Crippen LogP contribution in [0.15, 0.2) is 0 Å². The lowest BCUT2D eigenvalue weighted by molar-refractivity contribution is -0.657. The second-order valence-corrected chi connectivity index (χ2v) is 8.95. The first-order valence-corrected chi connectivity index (χ1v) is 14.1. The predicted octanol–water partition coefficient (Wildman–Crippen LogP) is -1.40. The molecular weight excluding hydrogens is 451 g/mol. The number of aliphatic hydroxyl groups is 4. The van der Waals surface area contributed by atoms with E-state index in [4.69, 9.17) is 20.4 Å². The van der Waals surface area contributed by atoms with E-state index in [1.54, 1.807) is 0 Å². The first-order chi connectivity index (χ1) is 15.9. The van der Waals surface area contributed by atoms with E-state index in [0.717, 1.165) is 12.8 Å². The fourth-order valence-electron chi connectivity index (χ4n) is 2.77. The Labute approximate surface area is 201 Å². The van der Waals surface area contributed by atoms with Gasteiger partial charge in [0.25, 0.3) is 0 Å². The molecule has 0 aromatic rings. The van der Waals surface area contributed by atoms with E-state index in [1.165, 1.54) is 57.8 Å². The Balaban J connectivity index is -0.000000524. The molecule has 0 spiro atoms. The lowest BCUT2D eigenvalue weighted by Crippen LogP contribution is -2.85. The van der Waals surface area contributed by atoms with Crippen LogP contribution in [-0.2, 0) is 9.09 Å². The monoisotopic (exact) mass is 504 g/mol. The molecule has 0 saturated heterocycles. The summed E-state index contributed by atoms with van der Waals surface area (Å²) in [7, 11) is -4.75. The van der Waals surface area contributed by atoms with Crippen molar-refractivity contribution in [2.75, 3.05) is 59.2 Å². The maximum absolute atomic E-state index is 10.2. The summed E-state index contributed by atoms with van der Waals surface area (Å²) in [4.78, 5) is 20.4. The molecule has 0 heterocycles. The van der Waals surface area contributed by atoms with E-state index in [2.05, 4.69) is 11.4 Å². The fraction of sp³-hybridized carbons (Fsp3) is 1.00. The fourth-order valence-corrected chi connectivity index (χ4v) is 3.13. The van der Waals surface area contributed by atoms with Crippen molar-refractivity contribution in [3.8, 4) is 0 Å². The van der Waals surface area contributed by atoms with Crippen molar-refractivity contribution in [3.63, 3.8) is 0 Å². The largest absolute Gasteiger partial charge is 0.790 e. The Kier molecular flexibility index (Phi) is 38.6. The van der Waals surface area contributed by atoms with Gasteiger partial charge in [-0.1, -0.05) is 77.6 Å². The van der Waals surface area contributed by atoms with Crippen LogP contribution in [0.3, 0.4) is 0 Å². The number of phosphoric ester groups is 1. The molecule has 0 fully saturated rings. The lowest BCUT2D eigenvalue weighted by atomic mass is 10.1. The molecule has 0 bridgehead atoms. The summed E-state index contributed by atoms with van der Waals surface area (Å²) in [6, 6.07) is 0. The normalized spacial score (nSPS) is 10.9. The van der Waals surface area contributed by atoms with Gasteiger partial charge in [0.2, 0.25) is 0 Å². The van der Waals surface area contributed by atoms with Crippen LogP contribution < -0.4 is 20.4 Å². The topological polar surface area (TPSA) is 187 Å². The second kappa shape index (κ2) is 34.0. The van der Waals surface area contributed by atoms with E-state index in [0.29, 0.717) is 32.6 Å². The summed E-state index contributed by atoms with van der Waals surface area (Å²) in [5.74, 6) is 0. The molecule has 0 aliphatic rings. The maximum atomic E-state index is 10.2. The predicted molar refractivity (Wildman–Crippen MR) is 126 cm³/mol. The third-order valence-corrected chi connectivity index (χ3v) is 5.08. The molecular formula is C22H53N2O8P. The van der Waals surface area contributed by atoms with Crippen molar-refractivity contribution in [1.82, 2.24) is 0 Å². The van der Waals surface area contributed by atoms with Crippen LogP contribution in [-0.4, -0.2) is 79.6 Å². The number of aliphatic hydroxyl groups excluding tert-OH is 4. The van der Waals surface area contributed by atoms with Gasteiger partial charge < -0.3 is 49.9 Å². The van der Waals surface area contributed by atoms with Gasteiger partial charge in [-0.3, -0.25) is 0 Å². The number of rotatable bonds is 22. The summed E-state index contributed by atoms with van der Waals surface area (Å²) in [6.07, 6.45) is 14.6. The number of phosphoric acid groups is 1. The quantitative estimate of drug-likeness (QED) is 0.0767. The third kappa shape index (κ3) is 49.9. The van der Waals surface area contributed by atoms with Crippen LogP contribution >= 0.6 is 7.82 Å². The average Bonchev–Trinajstić information content (AvgIpc) is 2.78. The highest BCUT2D eigenvalue weighted by Crippen LogP contribution is 2.24. The molecule has 0 aliphatic heterocycles. The molecule has 0 atom stereocenters. The Bertz CT molecular complexity index is 358. The van der Waals surface area contributed by atoms with Crippen LogP contribution in [0.25, 0.3) is 0 Å². The Hall–Kier alpha value is -0.130. The molecule has 10 nitrogen and oxygen atoms in total. The van der Waals surface area contributed by atoms with Crippen LogP contribution in [0.1, 0.15) is 84.0 Å². The number of unbranched alkanes of at least 4 members (excludes halogenated alkanes) is 11. The van der Waals surface area contributed by atoms with Gasteiger partial charge >= 0.3 is 0 Å². The first-order valence-electron chi connectivity index (χ1n) is 12.6. The second-order valence-electron chi connectivity index (χ2n) is 7.80. The molecule has 204 valence electrons. The molecule has 0 saturated carbocycles. The summed E-state index contributed by atoms with van der Waals surface area (Å²) in [5.41, 5.74) is 0. The highest BCUT2D eigenvalue weighted by atomic mass is 31.2. The van der Waals surface area contributed by atoms with Crippen molar-refractivity contribution >= 4 is 7.82 Å². The van der Waals surface area contributed by atoms with Crippen LogP contribution in [0.2, 0.25) is 0 Å². The third-order valence-electron chi connectivity index (χ3n) is 4.58. The molecule has 0 aromatic carbocycles. The van der Waals surface area contributed by atoms with Crippen molar-refractivity contribution in [2.45, 2.75) is 84.0 Å². The van der Waals surface area contributed by atoms with Gasteiger partial charge in [0.15, 0.2) is 0 Å². The molecule has 0 rings (SSSR count). The van der Waals surface area contributed by atoms with Gasteiger partial charge in [0.1, 0.15) is 0 Å². The van der Waals surface area contributed by atoms with Crippen LogP contribution in [0.4, 0.5) is 0 Å². The zero-order valence-corrected chi connectivity index (χ0v) is 21.8. The van der Waals surface area contributed by atoms with E-state index < -0.39 is 7.82 Å². The molecule has 0 aliphatic carbocycles. The smallest absolute Gasteiger partial charge is 0.0991 e. The van der Waals surface area contributed by atoms with Gasteiger partial charge in [-0.2, -0.15) is 0 Å². The minimum atomic E-state index is -4.75. The van der Waals surface area contributed by atoms with Crippen molar-refractivity contribution in [2.24, 2.45) is 0 Å². The van der Waals surface area contributed by atoms with Gasteiger partial charge in [-0.25, -0.2) is 0 Å². The van der Waals surface area contributed by atoms with Crippen molar-refractivity contribution < 1.29 is 49.9 Å². The summed E-state index contributed by atoms with van der Waals surface area (Å²) >= 11 is 0. The number of hydrogen-bond donors (Lipinski definition) is 6. The van der Waals surface area contributed by atoms with Crippen LogP contribution in [0, 0.1) is 0 Å². The summed E-state index contributed by atoms with van der Waals surface area (Å²) in [5, 5.41) is 36.4. The first kappa shape index (κ1) is 37.4. The maximum Gasteiger partial charge on any atom is 0.0991 e. The highest BCUT2D eigenvalue weighted by molar-refractivity contribution is 7.43. The van der Waals surface area contributed by atoms with E-state index in [1.807, 2.05) is 10.6 Å². The van der Waals surface area contributed by atoms with Gasteiger partial charge in [-0.15, -0.1) is 0 Å². The zero-order valence-electron chi connectivity index (χ0n) is 20.9. The number of quaternary nitrogens is 2. The summed E-state index contributed by atoms with van der Waals surface area (Å²) < 4.78 is 14.3. The molecule has 11 heteroatoms. The molecule has 33 heavy (non-hydrogen) atoms. The molecule has 0 unspecified atom stereocenters. The molecule has 0 amide bonds. The molecule has 8 N–H and O–H groups in total. The zero-order chi connectivity index (χ0) is 25.5. The minimum absolute atomic E-state index is 0.0434. The number of hydrogen-bond acceptors (Lipinski definition) is 8. The Morgan fingerprint density at radius 3 is 1.18 bits per heavy atom.